The smallest absolute Gasteiger partial charge is 0.308 e. The van der Waals surface area contributed by atoms with E-state index in [1.807, 2.05) is 6.07 Å². The molecule has 1 N–H and O–H groups in total. The third-order valence-electron chi connectivity index (χ3n) is 5.03. The number of benzene rings is 2. The van der Waals surface area contributed by atoms with Crippen LogP contribution in [-0.2, 0) is 19.1 Å². The number of nitrogens with one attached hydrogen (secondary N) is 1. The normalized spacial score (nSPS) is 16.0. The molecule has 2 aromatic rings. The van der Waals surface area contributed by atoms with Crippen LogP contribution < -0.4 is 19.7 Å². The van der Waals surface area contributed by atoms with Gasteiger partial charge in [-0.3, -0.25) is 14.4 Å². The summed E-state index contributed by atoms with van der Waals surface area (Å²) in [5, 5.41) is 3.19. The zero-order valence-electron chi connectivity index (χ0n) is 18.3. The van der Waals surface area contributed by atoms with Gasteiger partial charge in [-0.15, -0.1) is 0 Å². The number of hydrogen-bond acceptors (Lipinski definition) is 6. The maximum absolute atomic E-state index is 12.5. The van der Waals surface area contributed by atoms with E-state index in [-0.39, 0.29) is 18.9 Å². The lowest BCUT2D eigenvalue weighted by Gasteiger charge is -2.32. The molecule has 3 rings (SSSR count). The molecule has 9 heteroatoms. The van der Waals surface area contributed by atoms with Crippen LogP contribution in [0.4, 0.5) is 11.4 Å². The van der Waals surface area contributed by atoms with E-state index in [2.05, 4.69) is 5.32 Å². The second kappa shape index (κ2) is 9.91. The van der Waals surface area contributed by atoms with E-state index in [4.69, 9.17) is 25.8 Å². The van der Waals surface area contributed by atoms with Gasteiger partial charge in [0.05, 0.1) is 24.9 Å². The number of carbonyl (C=O) groups excluding carboxylic acids is 3. The van der Waals surface area contributed by atoms with Gasteiger partial charge in [0, 0.05) is 17.6 Å². The van der Waals surface area contributed by atoms with E-state index in [0.717, 1.165) is 5.56 Å². The maximum Gasteiger partial charge on any atom is 0.308 e. The molecule has 0 spiro atoms. The molecule has 1 aliphatic rings. The molecule has 2 atom stereocenters. The van der Waals surface area contributed by atoms with E-state index < -0.39 is 24.1 Å². The average Bonchev–Trinajstić information content (AvgIpc) is 2.76. The van der Waals surface area contributed by atoms with Gasteiger partial charge in [0.2, 0.25) is 0 Å². The Balaban J connectivity index is 1.59. The van der Waals surface area contributed by atoms with Crippen molar-refractivity contribution < 1.29 is 28.6 Å². The quantitative estimate of drug-likeness (QED) is 0.633. The van der Waals surface area contributed by atoms with Gasteiger partial charge >= 0.3 is 5.97 Å². The second-order valence-corrected chi connectivity index (χ2v) is 7.80. The van der Waals surface area contributed by atoms with Crippen LogP contribution in [0.3, 0.4) is 0 Å². The van der Waals surface area contributed by atoms with Crippen molar-refractivity contribution in [2.24, 2.45) is 0 Å². The SMILES string of the molecule is COc1cc(Cl)c(C)cc1NC(=O)C(C)OC(=O)CCN1C(=O)C(C)Oc2ccccc21. The first-order chi connectivity index (χ1) is 15.2. The summed E-state index contributed by atoms with van der Waals surface area (Å²) in [6.45, 7) is 5.04. The molecule has 1 heterocycles. The zero-order valence-corrected chi connectivity index (χ0v) is 19.1. The number of ether oxygens (including phenoxy) is 3. The van der Waals surface area contributed by atoms with Crippen molar-refractivity contribution in [2.45, 2.75) is 39.4 Å². The molecule has 0 saturated carbocycles. The molecule has 0 aromatic heterocycles. The van der Waals surface area contributed by atoms with E-state index in [0.29, 0.717) is 27.9 Å². The molecule has 2 unspecified atom stereocenters. The Morgan fingerprint density at radius 2 is 2.00 bits per heavy atom. The number of methoxy groups -OCH3 is 1. The minimum Gasteiger partial charge on any atom is -0.495 e. The van der Waals surface area contributed by atoms with Gasteiger partial charge in [-0.05, 0) is 44.5 Å². The van der Waals surface area contributed by atoms with E-state index in [9.17, 15) is 14.4 Å². The van der Waals surface area contributed by atoms with Gasteiger partial charge in [-0.1, -0.05) is 23.7 Å². The summed E-state index contributed by atoms with van der Waals surface area (Å²) in [4.78, 5) is 38.9. The summed E-state index contributed by atoms with van der Waals surface area (Å²) in [6, 6.07) is 10.4. The van der Waals surface area contributed by atoms with Gasteiger partial charge in [0.15, 0.2) is 12.2 Å². The molecule has 32 heavy (non-hydrogen) atoms. The summed E-state index contributed by atoms with van der Waals surface area (Å²) in [5.41, 5.74) is 1.78. The number of amides is 2. The van der Waals surface area contributed by atoms with Crippen LogP contribution in [0.1, 0.15) is 25.8 Å². The molecule has 8 nitrogen and oxygen atoms in total. The van der Waals surface area contributed by atoms with Gasteiger partial charge in [0.1, 0.15) is 11.5 Å². The third kappa shape index (κ3) is 5.13. The zero-order chi connectivity index (χ0) is 23.4. The van der Waals surface area contributed by atoms with Crippen molar-refractivity contribution in [2.75, 3.05) is 23.9 Å². The van der Waals surface area contributed by atoms with Crippen LogP contribution in [-0.4, -0.2) is 43.6 Å². The fourth-order valence-corrected chi connectivity index (χ4v) is 3.42. The lowest BCUT2D eigenvalue weighted by atomic mass is 10.2. The summed E-state index contributed by atoms with van der Waals surface area (Å²) in [7, 11) is 1.46. The van der Waals surface area contributed by atoms with Crippen molar-refractivity contribution in [1.29, 1.82) is 0 Å². The predicted octanol–water partition coefficient (Wildman–Crippen LogP) is 3.73. The van der Waals surface area contributed by atoms with Crippen LogP contribution >= 0.6 is 11.6 Å². The summed E-state index contributed by atoms with van der Waals surface area (Å²) < 4.78 is 16.1. The molecule has 0 radical (unpaired) electrons. The minimum atomic E-state index is -1.05. The standard InChI is InChI=1S/C23H25ClN2O6/c1-13-11-17(20(30-4)12-16(13)24)25-22(28)14(2)32-21(27)9-10-26-18-7-5-6-8-19(18)31-15(3)23(26)29/h5-8,11-12,14-15H,9-10H2,1-4H3,(H,25,28). The molecular weight excluding hydrogens is 436 g/mol. The topological polar surface area (TPSA) is 94.2 Å². The number of rotatable bonds is 7. The first-order valence-corrected chi connectivity index (χ1v) is 10.5. The fourth-order valence-electron chi connectivity index (χ4n) is 3.27. The van der Waals surface area contributed by atoms with Crippen LogP contribution in [0.15, 0.2) is 36.4 Å². The molecule has 0 fully saturated rings. The van der Waals surface area contributed by atoms with Crippen LogP contribution in [0.5, 0.6) is 11.5 Å². The first kappa shape index (κ1) is 23.4. The van der Waals surface area contributed by atoms with Crippen LogP contribution in [0.2, 0.25) is 5.02 Å². The predicted molar refractivity (Wildman–Crippen MR) is 120 cm³/mol. The number of carbonyl (C=O) groups is 3. The van der Waals surface area contributed by atoms with Crippen molar-refractivity contribution >= 4 is 40.8 Å². The molecular formula is C23H25ClN2O6. The molecule has 0 saturated heterocycles. The Labute approximate surface area is 191 Å². The van der Waals surface area contributed by atoms with Crippen molar-refractivity contribution in [3.63, 3.8) is 0 Å². The first-order valence-electron chi connectivity index (χ1n) is 10.1. The molecule has 2 aromatic carbocycles. The number of esters is 1. The maximum atomic E-state index is 12.5. The number of hydrogen-bond donors (Lipinski definition) is 1. The summed E-state index contributed by atoms with van der Waals surface area (Å²) in [5.74, 6) is -0.386. The number of fused-ring (bicyclic) bond motifs is 1. The van der Waals surface area contributed by atoms with Crippen LogP contribution in [0.25, 0.3) is 0 Å². The molecule has 0 bridgehead atoms. The number of halogens is 1. The van der Waals surface area contributed by atoms with Gasteiger partial charge < -0.3 is 24.4 Å². The monoisotopic (exact) mass is 460 g/mol. The Hall–Kier alpha value is -3.26. The highest BCUT2D eigenvalue weighted by Crippen LogP contribution is 2.34. The second-order valence-electron chi connectivity index (χ2n) is 7.39. The van der Waals surface area contributed by atoms with E-state index >= 15 is 0 Å². The Bertz CT molecular complexity index is 1040. The molecule has 2 amide bonds. The van der Waals surface area contributed by atoms with Gasteiger partial charge in [-0.25, -0.2) is 0 Å². The lowest BCUT2D eigenvalue weighted by Crippen LogP contribution is -2.45. The van der Waals surface area contributed by atoms with Crippen molar-refractivity contribution in [3.8, 4) is 11.5 Å². The fraction of sp³-hybridized carbons (Fsp3) is 0.348. The van der Waals surface area contributed by atoms with Crippen LogP contribution in [0, 0.1) is 6.92 Å². The van der Waals surface area contributed by atoms with Crippen molar-refractivity contribution in [1.82, 2.24) is 0 Å². The van der Waals surface area contributed by atoms with E-state index in [1.54, 1.807) is 44.2 Å². The Morgan fingerprint density at radius 3 is 2.72 bits per heavy atom. The molecule has 170 valence electrons. The number of anilines is 2. The highest BCUT2D eigenvalue weighted by atomic mass is 35.5. The summed E-state index contributed by atoms with van der Waals surface area (Å²) >= 11 is 6.08. The number of aryl methyl sites for hydroxylation is 1. The Kier molecular flexibility index (Phi) is 7.25. The molecule has 1 aliphatic heterocycles. The largest absolute Gasteiger partial charge is 0.495 e. The summed E-state index contributed by atoms with van der Waals surface area (Å²) in [6.07, 6.45) is -1.77. The minimum absolute atomic E-state index is 0.0756. The molecule has 0 aliphatic carbocycles. The third-order valence-corrected chi connectivity index (χ3v) is 5.44. The van der Waals surface area contributed by atoms with E-state index in [1.165, 1.54) is 18.9 Å². The highest BCUT2D eigenvalue weighted by molar-refractivity contribution is 6.31. The number of nitrogens with zero attached hydrogens (tertiary/aromatic N) is 1. The van der Waals surface area contributed by atoms with Gasteiger partial charge in [-0.2, -0.15) is 0 Å². The average molecular weight is 461 g/mol. The lowest BCUT2D eigenvalue weighted by molar-refractivity contribution is -0.153. The highest BCUT2D eigenvalue weighted by Gasteiger charge is 2.31. The number of para-hydroxylation sites is 2. The van der Waals surface area contributed by atoms with Crippen molar-refractivity contribution in [3.05, 3.63) is 47.0 Å². The Morgan fingerprint density at radius 1 is 1.28 bits per heavy atom. The van der Waals surface area contributed by atoms with Gasteiger partial charge in [0.25, 0.3) is 11.8 Å².